The van der Waals surface area contributed by atoms with Crippen molar-refractivity contribution in [2.24, 2.45) is 0 Å². The van der Waals surface area contributed by atoms with Crippen LogP contribution in [0.25, 0.3) is 0 Å². The van der Waals surface area contributed by atoms with E-state index in [2.05, 4.69) is 10.3 Å². The molecule has 1 fully saturated rings. The van der Waals surface area contributed by atoms with Gasteiger partial charge in [0.1, 0.15) is 17.2 Å². The second-order valence-electron chi connectivity index (χ2n) is 6.54. The molecule has 1 saturated heterocycles. The van der Waals surface area contributed by atoms with Gasteiger partial charge in [0.25, 0.3) is 5.91 Å². The number of carbonyl (C=O) groups is 1. The fraction of sp³-hybridized carbons (Fsp3) is 0.400. The lowest BCUT2D eigenvalue weighted by atomic mass is 10.1. The van der Waals surface area contributed by atoms with Crippen LogP contribution in [0.3, 0.4) is 0 Å². The van der Waals surface area contributed by atoms with Crippen LogP contribution in [0.2, 0.25) is 0 Å². The molecule has 1 aliphatic heterocycles. The molecule has 0 radical (unpaired) electrons. The lowest BCUT2D eigenvalue weighted by Gasteiger charge is -2.30. The van der Waals surface area contributed by atoms with Crippen LogP contribution < -0.4 is 19.7 Å². The first-order valence-corrected chi connectivity index (χ1v) is 9.22. The number of ether oxygens (including phenoxy) is 3. The Morgan fingerprint density at radius 3 is 2.57 bits per heavy atom. The predicted octanol–water partition coefficient (Wildman–Crippen LogP) is 2.88. The molecule has 30 heavy (non-hydrogen) atoms. The summed E-state index contributed by atoms with van der Waals surface area (Å²) in [5.74, 6) is 0.590. The molecule has 0 atom stereocenters. The molecule has 2 heterocycles. The highest BCUT2D eigenvalue weighted by molar-refractivity contribution is 5.99. The summed E-state index contributed by atoms with van der Waals surface area (Å²) in [6.07, 6.45) is -3.64. The molecule has 7 nitrogen and oxygen atoms in total. The van der Waals surface area contributed by atoms with E-state index >= 15 is 0 Å². The predicted molar refractivity (Wildman–Crippen MR) is 103 cm³/mol. The maximum Gasteiger partial charge on any atom is 0.433 e. The summed E-state index contributed by atoms with van der Waals surface area (Å²) in [5, 5.41) is 2.73. The number of aromatic nitrogens is 1. The van der Waals surface area contributed by atoms with Gasteiger partial charge in [-0.3, -0.25) is 9.78 Å². The third-order valence-electron chi connectivity index (χ3n) is 4.70. The van der Waals surface area contributed by atoms with E-state index in [1.54, 1.807) is 23.1 Å². The molecule has 2 aromatic rings. The number of rotatable bonds is 6. The summed E-state index contributed by atoms with van der Waals surface area (Å²) in [6.45, 7) is 1.62. The number of hydrogen-bond donors (Lipinski definition) is 1. The summed E-state index contributed by atoms with van der Waals surface area (Å²) in [4.78, 5) is 18.0. The Morgan fingerprint density at radius 2 is 1.93 bits per heavy atom. The number of anilines is 1. The molecule has 1 aliphatic rings. The van der Waals surface area contributed by atoms with Gasteiger partial charge in [0.2, 0.25) is 0 Å². The molecule has 0 spiro atoms. The maximum absolute atomic E-state index is 13.2. The summed E-state index contributed by atoms with van der Waals surface area (Å²) < 4.78 is 55.2. The Morgan fingerprint density at radius 1 is 1.20 bits per heavy atom. The van der Waals surface area contributed by atoms with E-state index in [-0.39, 0.29) is 17.8 Å². The quantitative estimate of drug-likeness (QED) is 0.768. The first-order chi connectivity index (χ1) is 14.3. The topological polar surface area (TPSA) is 72.9 Å². The van der Waals surface area contributed by atoms with Crippen molar-refractivity contribution in [2.45, 2.75) is 12.7 Å². The Bertz CT molecular complexity index is 899. The Balaban J connectivity index is 1.84. The van der Waals surface area contributed by atoms with Crippen LogP contribution in [0.5, 0.6) is 11.5 Å². The van der Waals surface area contributed by atoms with E-state index in [0.29, 0.717) is 43.4 Å². The van der Waals surface area contributed by atoms with Gasteiger partial charge in [0.05, 0.1) is 38.7 Å². The number of methoxy groups -OCH3 is 2. The van der Waals surface area contributed by atoms with Crippen LogP contribution in [-0.4, -0.2) is 51.4 Å². The van der Waals surface area contributed by atoms with Crippen molar-refractivity contribution < 1.29 is 32.2 Å². The molecule has 1 aromatic carbocycles. The number of pyridine rings is 1. The standard InChI is InChI=1S/C20H22F3N3O4/c1-28-14-4-3-13(17(9-14)29-2)11-25-19(27)15-12-24-18(20(21,22)23)10-16(15)26-5-7-30-8-6-26/h3-4,9-10,12H,5-8,11H2,1-2H3,(H,25,27). The fourth-order valence-corrected chi connectivity index (χ4v) is 3.11. The van der Waals surface area contributed by atoms with Gasteiger partial charge in [0.15, 0.2) is 0 Å². The zero-order valence-corrected chi connectivity index (χ0v) is 16.6. The van der Waals surface area contributed by atoms with Crippen molar-refractivity contribution in [3.8, 4) is 11.5 Å². The van der Waals surface area contributed by atoms with Crippen LogP contribution in [0.15, 0.2) is 30.5 Å². The van der Waals surface area contributed by atoms with Gasteiger partial charge >= 0.3 is 6.18 Å². The highest BCUT2D eigenvalue weighted by Gasteiger charge is 2.34. The zero-order chi connectivity index (χ0) is 21.7. The molecule has 0 saturated carbocycles. The van der Waals surface area contributed by atoms with E-state index in [1.165, 1.54) is 14.2 Å². The zero-order valence-electron chi connectivity index (χ0n) is 16.6. The molecule has 3 rings (SSSR count). The van der Waals surface area contributed by atoms with Crippen molar-refractivity contribution in [1.29, 1.82) is 0 Å². The minimum absolute atomic E-state index is 0.0670. The first kappa shape index (κ1) is 21.7. The number of benzene rings is 1. The summed E-state index contributed by atoms with van der Waals surface area (Å²) in [5.41, 5.74) is -0.103. The number of nitrogens with zero attached hydrogens (tertiary/aromatic N) is 2. The summed E-state index contributed by atoms with van der Waals surface area (Å²) in [6, 6.07) is 6.06. The fourth-order valence-electron chi connectivity index (χ4n) is 3.11. The minimum Gasteiger partial charge on any atom is -0.497 e. The third kappa shape index (κ3) is 4.93. The monoisotopic (exact) mass is 425 g/mol. The molecule has 0 unspecified atom stereocenters. The van der Waals surface area contributed by atoms with Crippen LogP contribution >= 0.6 is 0 Å². The highest BCUT2D eigenvalue weighted by atomic mass is 19.4. The second kappa shape index (κ2) is 9.21. The van der Waals surface area contributed by atoms with Crippen molar-refractivity contribution in [1.82, 2.24) is 10.3 Å². The van der Waals surface area contributed by atoms with E-state index in [1.807, 2.05) is 0 Å². The molecule has 0 bridgehead atoms. The molecule has 0 aliphatic carbocycles. The van der Waals surface area contributed by atoms with E-state index in [9.17, 15) is 18.0 Å². The Hall–Kier alpha value is -3.01. The van der Waals surface area contributed by atoms with Crippen LogP contribution in [-0.2, 0) is 17.5 Å². The van der Waals surface area contributed by atoms with Crippen LogP contribution in [0.4, 0.5) is 18.9 Å². The van der Waals surface area contributed by atoms with Crippen LogP contribution in [0.1, 0.15) is 21.6 Å². The van der Waals surface area contributed by atoms with Crippen molar-refractivity contribution in [3.05, 3.63) is 47.3 Å². The minimum atomic E-state index is -4.60. The van der Waals surface area contributed by atoms with Crippen molar-refractivity contribution >= 4 is 11.6 Å². The van der Waals surface area contributed by atoms with Gasteiger partial charge in [0, 0.05) is 37.5 Å². The maximum atomic E-state index is 13.2. The van der Waals surface area contributed by atoms with Gasteiger partial charge in [-0.2, -0.15) is 13.2 Å². The molecule has 1 N–H and O–H groups in total. The second-order valence-corrected chi connectivity index (χ2v) is 6.54. The molecule has 162 valence electrons. The summed E-state index contributed by atoms with van der Waals surface area (Å²) >= 11 is 0. The van der Waals surface area contributed by atoms with E-state index < -0.39 is 17.8 Å². The molecule has 10 heteroatoms. The lowest BCUT2D eigenvalue weighted by molar-refractivity contribution is -0.141. The number of nitrogens with one attached hydrogen (secondary N) is 1. The smallest absolute Gasteiger partial charge is 0.433 e. The van der Waals surface area contributed by atoms with Crippen LogP contribution in [0, 0.1) is 0 Å². The highest BCUT2D eigenvalue weighted by Crippen LogP contribution is 2.32. The number of morpholine rings is 1. The van der Waals surface area contributed by atoms with Crippen molar-refractivity contribution in [3.63, 3.8) is 0 Å². The molecular weight excluding hydrogens is 403 g/mol. The number of hydrogen-bond acceptors (Lipinski definition) is 6. The molecular formula is C20H22F3N3O4. The first-order valence-electron chi connectivity index (χ1n) is 9.22. The van der Waals surface area contributed by atoms with Crippen molar-refractivity contribution in [2.75, 3.05) is 45.4 Å². The number of alkyl halides is 3. The Labute approximate surface area is 171 Å². The van der Waals surface area contributed by atoms with Gasteiger partial charge in [-0.15, -0.1) is 0 Å². The average molecular weight is 425 g/mol. The largest absolute Gasteiger partial charge is 0.497 e. The average Bonchev–Trinajstić information content (AvgIpc) is 2.76. The SMILES string of the molecule is COc1ccc(CNC(=O)c2cnc(C(F)(F)F)cc2N2CCOCC2)c(OC)c1. The number of halogens is 3. The third-order valence-corrected chi connectivity index (χ3v) is 4.70. The van der Waals surface area contributed by atoms with Gasteiger partial charge in [-0.05, 0) is 18.2 Å². The lowest BCUT2D eigenvalue weighted by Crippen LogP contribution is -2.38. The number of amides is 1. The van der Waals surface area contributed by atoms with Gasteiger partial charge in [-0.1, -0.05) is 0 Å². The Kier molecular flexibility index (Phi) is 6.66. The molecule has 1 aromatic heterocycles. The number of carbonyl (C=O) groups excluding carboxylic acids is 1. The van der Waals surface area contributed by atoms with Gasteiger partial charge < -0.3 is 24.4 Å². The van der Waals surface area contributed by atoms with Gasteiger partial charge in [-0.25, -0.2) is 0 Å². The van der Waals surface area contributed by atoms with E-state index in [0.717, 1.165) is 12.3 Å². The summed E-state index contributed by atoms with van der Waals surface area (Å²) in [7, 11) is 3.03. The molecule has 1 amide bonds. The normalized spacial score (nSPS) is 14.4. The van der Waals surface area contributed by atoms with E-state index in [4.69, 9.17) is 14.2 Å².